The molecule has 0 spiro atoms. The summed E-state index contributed by atoms with van der Waals surface area (Å²) < 4.78 is 10.9. The highest BCUT2D eigenvalue weighted by Gasteiger charge is 1.94. The van der Waals surface area contributed by atoms with Gasteiger partial charge in [-0.1, -0.05) is 22.9 Å². The monoisotopic (exact) mass is 176 g/mol. The first-order valence-corrected chi connectivity index (χ1v) is 5.87. The van der Waals surface area contributed by atoms with Crippen molar-refractivity contribution in [3.8, 4) is 0 Å². The van der Waals surface area contributed by atoms with Gasteiger partial charge in [0.25, 0.3) is 0 Å². The first-order chi connectivity index (χ1) is 4.81. The lowest BCUT2D eigenvalue weighted by atomic mass is 10.5. The lowest BCUT2D eigenvalue weighted by Crippen LogP contribution is -1.88. The van der Waals surface area contributed by atoms with Crippen LogP contribution in [0.1, 0.15) is 6.42 Å². The molecule has 3 heteroatoms. The Kier molecular flexibility index (Phi) is 7.08. The second-order valence-electron chi connectivity index (χ2n) is 1.66. The van der Waals surface area contributed by atoms with Crippen molar-refractivity contribution in [2.45, 2.75) is 6.42 Å². The van der Waals surface area contributed by atoms with Gasteiger partial charge in [0.2, 0.25) is 0 Å². The molecule has 0 fully saturated rings. The molecule has 1 atom stereocenters. The van der Waals surface area contributed by atoms with Gasteiger partial charge in [0, 0.05) is 5.75 Å². The molecule has 0 rings (SSSR count). The molecule has 0 bridgehead atoms. The fraction of sp³-hybridized carbons (Fsp3) is 0.429. The van der Waals surface area contributed by atoms with Crippen LogP contribution in [0.2, 0.25) is 0 Å². The largest absolute Gasteiger partial charge is 0.248 e. The third-order valence-corrected chi connectivity index (χ3v) is 3.66. The van der Waals surface area contributed by atoms with Crippen LogP contribution in [-0.2, 0) is 9.83 Å². The summed E-state index contributed by atoms with van der Waals surface area (Å²) in [7, 11) is 0.685. The molecule has 1 unspecified atom stereocenters. The molecule has 0 aliphatic carbocycles. The minimum absolute atomic E-state index is 0.585. The third-order valence-electron chi connectivity index (χ3n) is 0.791. The summed E-state index contributed by atoms with van der Waals surface area (Å²) in [6, 6.07) is 0. The summed E-state index contributed by atoms with van der Waals surface area (Å²) in [6.45, 7) is 7.07. The topological polar surface area (TPSA) is 17.1 Å². The van der Waals surface area contributed by atoms with Crippen LogP contribution in [0.3, 0.4) is 0 Å². The smallest absolute Gasteiger partial charge is 0.0842 e. The van der Waals surface area contributed by atoms with Gasteiger partial charge in [-0.15, -0.1) is 13.2 Å². The van der Waals surface area contributed by atoms with Gasteiger partial charge in [0.1, 0.15) is 0 Å². The molecule has 0 aliphatic heterocycles. The number of allylic oxidation sites excluding steroid dienone is 1. The number of rotatable bonds is 6. The second-order valence-corrected chi connectivity index (χ2v) is 5.07. The lowest BCUT2D eigenvalue weighted by Gasteiger charge is -1.93. The Morgan fingerprint density at radius 1 is 1.40 bits per heavy atom. The summed E-state index contributed by atoms with van der Waals surface area (Å²) in [4.78, 5) is 0. The van der Waals surface area contributed by atoms with Gasteiger partial charge in [-0.05, 0) is 6.42 Å². The molecule has 0 radical (unpaired) electrons. The van der Waals surface area contributed by atoms with E-state index in [1.807, 2.05) is 6.08 Å². The van der Waals surface area contributed by atoms with Crippen molar-refractivity contribution < 1.29 is 4.21 Å². The molecule has 0 N–H and O–H groups in total. The van der Waals surface area contributed by atoms with Crippen molar-refractivity contribution in [2.24, 2.45) is 0 Å². The summed E-state index contributed by atoms with van der Waals surface area (Å²) in [5.41, 5.74) is 0. The molecule has 58 valence electrons. The lowest BCUT2D eigenvalue weighted by molar-refractivity contribution is 0.693. The van der Waals surface area contributed by atoms with E-state index in [2.05, 4.69) is 13.2 Å². The van der Waals surface area contributed by atoms with Crippen molar-refractivity contribution >= 4 is 20.6 Å². The predicted molar refractivity (Wildman–Crippen MR) is 50.5 cm³/mol. The van der Waals surface area contributed by atoms with Crippen LogP contribution in [0.5, 0.6) is 0 Å². The highest BCUT2D eigenvalue weighted by Crippen LogP contribution is 2.08. The fourth-order valence-electron chi connectivity index (χ4n) is 0.369. The molecule has 0 aromatic carbocycles. The predicted octanol–water partition coefficient (Wildman–Crippen LogP) is 2.15. The van der Waals surface area contributed by atoms with Crippen LogP contribution >= 0.6 is 10.8 Å². The summed E-state index contributed by atoms with van der Waals surface area (Å²) in [5, 5.41) is 0. The molecule has 0 amide bonds. The van der Waals surface area contributed by atoms with E-state index in [4.69, 9.17) is 0 Å². The standard InChI is InChI=1S/C7H12OS2/c1-3-5-6-9-10(8)7-4-2/h3-4H,1-2,5-7H2. The molecular formula is C7H12OS2. The number of hydrogen-bond acceptors (Lipinski definition) is 2. The van der Waals surface area contributed by atoms with Gasteiger partial charge in [0.15, 0.2) is 0 Å². The normalized spacial score (nSPS) is 12.4. The highest BCUT2D eigenvalue weighted by atomic mass is 33.1. The molecule has 0 saturated carbocycles. The summed E-state index contributed by atoms with van der Waals surface area (Å²) in [6.07, 6.45) is 4.43. The maximum absolute atomic E-state index is 10.9. The van der Waals surface area contributed by atoms with Gasteiger partial charge in [-0.3, -0.25) is 0 Å². The Labute approximate surface area is 68.4 Å². The Balaban J connectivity index is 3.20. The van der Waals surface area contributed by atoms with Crippen LogP contribution in [0.4, 0.5) is 0 Å². The van der Waals surface area contributed by atoms with Gasteiger partial charge in [0.05, 0.1) is 15.6 Å². The summed E-state index contributed by atoms with van der Waals surface area (Å²) >= 11 is 0. The van der Waals surface area contributed by atoms with E-state index in [1.54, 1.807) is 6.08 Å². The van der Waals surface area contributed by atoms with Crippen molar-refractivity contribution in [3.63, 3.8) is 0 Å². The van der Waals surface area contributed by atoms with Crippen LogP contribution in [-0.4, -0.2) is 15.7 Å². The first-order valence-electron chi connectivity index (χ1n) is 3.04. The second kappa shape index (κ2) is 7.09. The van der Waals surface area contributed by atoms with E-state index < -0.39 is 9.83 Å². The Morgan fingerprint density at radius 2 is 2.10 bits per heavy atom. The average molecular weight is 176 g/mol. The van der Waals surface area contributed by atoms with Crippen molar-refractivity contribution in [1.82, 2.24) is 0 Å². The Morgan fingerprint density at radius 3 is 2.60 bits per heavy atom. The summed E-state index contributed by atoms with van der Waals surface area (Å²) in [5.74, 6) is 1.48. The zero-order valence-electron chi connectivity index (χ0n) is 5.91. The highest BCUT2D eigenvalue weighted by molar-refractivity contribution is 8.69. The SMILES string of the molecule is C=CCCSS(=O)CC=C. The quantitative estimate of drug-likeness (QED) is 0.350. The van der Waals surface area contributed by atoms with Gasteiger partial charge in [-0.2, -0.15) is 0 Å². The Bertz CT molecular complexity index is 132. The zero-order chi connectivity index (χ0) is 7.82. The number of hydrogen-bond donors (Lipinski definition) is 0. The Hall–Kier alpha value is -0.0200. The van der Waals surface area contributed by atoms with Crippen LogP contribution in [0.15, 0.2) is 25.3 Å². The average Bonchev–Trinajstić information content (AvgIpc) is 1.89. The van der Waals surface area contributed by atoms with E-state index in [-0.39, 0.29) is 0 Å². The third kappa shape index (κ3) is 6.11. The van der Waals surface area contributed by atoms with Crippen LogP contribution < -0.4 is 0 Å². The van der Waals surface area contributed by atoms with Crippen LogP contribution in [0, 0.1) is 0 Å². The van der Waals surface area contributed by atoms with E-state index in [0.29, 0.717) is 5.75 Å². The molecule has 0 aromatic rings. The minimum atomic E-state index is -0.771. The molecule has 10 heavy (non-hydrogen) atoms. The molecule has 0 heterocycles. The van der Waals surface area contributed by atoms with Gasteiger partial charge < -0.3 is 0 Å². The fourth-order valence-corrected chi connectivity index (χ4v) is 2.53. The molecular weight excluding hydrogens is 164 g/mol. The molecule has 1 nitrogen and oxygen atoms in total. The van der Waals surface area contributed by atoms with Gasteiger partial charge >= 0.3 is 0 Å². The van der Waals surface area contributed by atoms with Crippen molar-refractivity contribution in [3.05, 3.63) is 25.3 Å². The molecule has 0 aliphatic rings. The van der Waals surface area contributed by atoms with E-state index >= 15 is 0 Å². The molecule has 0 saturated heterocycles. The molecule has 0 aromatic heterocycles. The van der Waals surface area contributed by atoms with Crippen molar-refractivity contribution in [2.75, 3.05) is 11.5 Å². The van der Waals surface area contributed by atoms with Crippen LogP contribution in [0.25, 0.3) is 0 Å². The minimum Gasteiger partial charge on any atom is -0.248 e. The first kappa shape index (κ1) is 9.98. The maximum atomic E-state index is 10.9. The van der Waals surface area contributed by atoms with E-state index in [0.717, 1.165) is 12.2 Å². The van der Waals surface area contributed by atoms with Gasteiger partial charge in [-0.25, -0.2) is 4.21 Å². The van der Waals surface area contributed by atoms with E-state index in [9.17, 15) is 4.21 Å². The van der Waals surface area contributed by atoms with Crippen molar-refractivity contribution in [1.29, 1.82) is 0 Å². The zero-order valence-corrected chi connectivity index (χ0v) is 7.55. The maximum Gasteiger partial charge on any atom is 0.0842 e. The van der Waals surface area contributed by atoms with E-state index in [1.165, 1.54) is 10.8 Å².